The van der Waals surface area contributed by atoms with Crippen molar-refractivity contribution in [3.63, 3.8) is 0 Å². The van der Waals surface area contributed by atoms with Gasteiger partial charge in [0.15, 0.2) is 0 Å². The van der Waals surface area contributed by atoms with Crippen LogP contribution in [0.25, 0.3) is 0 Å². The average Bonchev–Trinajstić information content (AvgIpc) is 2.72. The van der Waals surface area contributed by atoms with E-state index >= 15 is 0 Å². The van der Waals surface area contributed by atoms with Gasteiger partial charge in [0.05, 0.1) is 13.1 Å². The number of ether oxygens (including phenoxy) is 2. The van der Waals surface area contributed by atoms with E-state index in [9.17, 15) is 9.59 Å². The molecule has 0 bridgehead atoms. The van der Waals surface area contributed by atoms with E-state index in [1.165, 1.54) is 0 Å². The predicted molar refractivity (Wildman–Crippen MR) is 45.8 cm³/mol. The van der Waals surface area contributed by atoms with Crippen LogP contribution in [0.5, 0.6) is 0 Å². The average molecular weight is 200 g/mol. The van der Waals surface area contributed by atoms with Crippen LogP contribution in [0.1, 0.15) is 0 Å². The molecule has 14 heavy (non-hydrogen) atoms. The summed E-state index contributed by atoms with van der Waals surface area (Å²) < 4.78 is 9.52. The third-order valence-electron chi connectivity index (χ3n) is 2.33. The van der Waals surface area contributed by atoms with Crippen LogP contribution in [-0.4, -0.2) is 61.4 Å². The smallest absolute Gasteiger partial charge is 0.409 e. The van der Waals surface area contributed by atoms with Gasteiger partial charge in [0.1, 0.15) is 13.2 Å². The number of carbonyl (C=O) groups excluding carboxylic acids is 2. The maximum atomic E-state index is 11.0. The summed E-state index contributed by atoms with van der Waals surface area (Å²) in [6, 6.07) is 0. The summed E-state index contributed by atoms with van der Waals surface area (Å²) in [5.41, 5.74) is 0. The van der Waals surface area contributed by atoms with E-state index in [2.05, 4.69) is 0 Å². The molecule has 0 spiro atoms. The third kappa shape index (κ3) is 1.73. The van der Waals surface area contributed by atoms with Gasteiger partial charge in [-0.3, -0.25) is 0 Å². The zero-order valence-electron chi connectivity index (χ0n) is 7.77. The van der Waals surface area contributed by atoms with Gasteiger partial charge in [-0.1, -0.05) is 0 Å². The highest BCUT2D eigenvalue weighted by atomic mass is 16.6. The topological polar surface area (TPSA) is 59.1 Å². The van der Waals surface area contributed by atoms with Crippen LogP contribution in [0, 0.1) is 0 Å². The Morgan fingerprint density at radius 1 is 0.929 bits per heavy atom. The summed E-state index contributed by atoms with van der Waals surface area (Å²) in [4.78, 5) is 25.2. The minimum Gasteiger partial charge on any atom is -0.448 e. The lowest BCUT2D eigenvalue weighted by molar-refractivity contribution is 0.147. The van der Waals surface area contributed by atoms with Crippen molar-refractivity contribution in [1.82, 2.24) is 9.80 Å². The molecule has 0 aromatic heterocycles. The second-order valence-corrected chi connectivity index (χ2v) is 3.20. The first-order valence-electron chi connectivity index (χ1n) is 4.61. The molecule has 6 nitrogen and oxygen atoms in total. The van der Waals surface area contributed by atoms with Crippen LogP contribution < -0.4 is 0 Å². The summed E-state index contributed by atoms with van der Waals surface area (Å²) in [5, 5.41) is 0. The van der Waals surface area contributed by atoms with E-state index in [0.29, 0.717) is 39.4 Å². The Morgan fingerprint density at radius 2 is 1.36 bits per heavy atom. The molecule has 2 aliphatic rings. The molecule has 78 valence electrons. The van der Waals surface area contributed by atoms with Crippen LogP contribution in [0.3, 0.4) is 0 Å². The molecule has 2 saturated heterocycles. The van der Waals surface area contributed by atoms with Gasteiger partial charge >= 0.3 is 12.2 Å². The van der Waals surface area contributed by atoms with Crippen molar-refractivity contribution in [2.24, 2.45) is 0 Å². The largest absolute Gasteiger partial charge is 0.448 e. The van der Waals surface area contributed by atoms with E-state index in [0.717, 1.165) is 0 Å². The first kappa shape index (κ1) is 9.11. The Kier molecular flexibility index (Phi) is 2.43. The maximum Gasteiger partial charge on any atom is 0.409 e. The Bertz CT molecular complexity index is 230. The zero-order chi connectivity index (χ0) is 9.97. The van der Waals surface area contributed by atoms with Crippen LogP contribution in [0.2, 0.25) is 0 Å². The van der Waals surface area contributed by atoms with E-state index in [4.69, 9.17) is 9.47 Å². The molecule has 0 aliphatic carbocycles. The molecule has 2 rings (SSSR count). The normalized spacial score (nSPS) is 21.4. The van der Waals surface area contributed by atoms with Crippen molar-refractivity contribution in [2.75, 3.05) is 39.4 Å². The molecule has 0 saturated carbocycles. The van der Waals surface area contributed by atoms with Gasteiger partial charge in [-0.05, 0) is 0 Å². The number of rotatable bonds is 3. The van der Waals surface area contributed by atoms with Crippen LogP contribution >= 0.6 is 0 Å². The van der Waals surface area contributed by atoms with Crippen LogP contribution in [0.4, 0.5) is 9.59 Å². The highest BCUT2D eigenvalue weighted by molar-refractivity contribution is 5.70. The molecule has 0 unspecified atom stereocenters. The summed E-state index contributed by atoms with van der Waals surface area (Å²) >= 11 is 0. The number of nitrogens with zero attached hydrogens (tertiary/aromatic N) is 2. The monoisotopic (exact) mass is 200 g/mol. The molecule has 0 atom stereocenters. The fourth-order valence-corrected chi connectivity index (χ4v) is 1.50. The lowest BCUT2D eigenvalue weighted by atomic mass is 10.5. The van der Waals surface area contributed by atoms with Crippen molar-refractivity contribution >= 4 is 12.2 Å². The van der Waals surface area contributed by atoms with Crippen molar-refractivity contribution in [3.05, 3.63) is 0 Å². The Morgan fingerprint density at radius 3 is 1.64 bits per heavy atom. The summed E-state index contributed by atoms with van der Waals surface area (Å²) in [6.45, 7) is 3.16. The highest BCUT2D eigenvalue weighted by Crippen LogP contribution is 2.06. The van der Waals surface area contributed by atoms with E-state index in [1.54, 1.807) is 9.80 Å². The minimum absolute atomic E-state index is 0.294. The predicted octanol–water partition coefficient (Wildman–Crippen LogP) is -0.109. The lowest BCUT2D eigenvalue weighted by Crippen LogP contribution is -2.36. The molecular formula is C8H12N2O4. The van der Waals surface area contributed by atoms with Gasteiger partial charge < -0.3 is 19.3 Å². The molecule has 6 heteroatoms. The highest BCUT2D eigenvalue weighted by Gasteiger charge is 2.26. The van der Waals surface area contributed by atoms with Crippen molar-refractivity contribution in [2.45, 2.75) is 0 Å². The SMILES string of the molecule is O=C1OCCN1CCN1CCOC1=O. The fourth-order valence-electron chi connectivity index (χ4n) is 1.50. The first-order chi connectivity index (χ1) is 6.77. The number of cyclic esters (lactones) is 2. The van der Waals surface area contributed by atoms with Gasteiger partial charge in [0.25, 0.3) is 0 Å². The van der Waals surface area contributed by atoms with Gasteiger partial charge in [0, 0.05) is 13.1 Å². The van der Waals surface area contributed by atoms with Crippen molar-refractivity contribution in [3.8, 4) is 0 Å². The minimum atomic E-state index is -0.294. The molecule has 0 N–H and O–H groups in total. The Balaban J connectivity index is 1.76. The number of hydrogen-bond acceptors (Lipinski definition) is 4. The van der Waals surface area contributed by atoms with E-state index in [-0.39, 0.29) is 12.2 Å². The number of carbonyl (C=O) groups is 2. The summed E-state index contributed by atoms with van der Waals surface area (Å²) in [7, 11) is 0. The second-order valence-electron chi connectivity index (χ2n) is 3.20. The van der Waals surface area contributed by atoms with Gasteiger partial charge in [-0.2, -0.15) is 0 Å². The summed E-state index contributed by atoms with van der Waals surface area (Å²) in [6.07, 6.45) is -0.588. The molecular weight excluding hydrogens is 188 g/mol. The second kappa shape index (κ2) is 3.73. The van der Waals surface area contributed by atoms with E-state index < -0.39 is 0 Å². The lowest BCUT2D eigenvalue weighted by Gasteiger charge is -2.17. The first-order valence-corrected chi connectivity index (χ1v) is 4.61. The van der Waals surface area contributed by atoms with E-state index in [1.807, 2.05) is 0 Å². The van der Waals surface area contributed by atoms with Crippen LogP contribution in [0.15, 0.2) is 0 Å². The third-order valence-corrected chi connectivity index (χ3v) is 2.33. The molecule has 0 radical (unpaired) electrons. The zero-order valence-corrected chi connectivity index (χ0v) is 7.77. The molecule has 2 heterocycles. The Labute approximate surface area is 81.4 Å². The van der Waals surface area contributed by atoms with Gasteiger partial charge in [-0.25, -0.2) is 9.59 Å². The standard InChI is InChI=1S/C8H12N2O4/c11-7-9(3-5-13-7)1-2-10-4-6-14-8(10)12/h1-6H2. The fraction of sp³-hybridized carbons (Fsp3) is 0.750. The molecule has 2 aliphatic heterocycles. The van der Waals surface area contributed by atoms with Gasteiger partial charge in [-0.15, -0.1) is 0 Å². The van der Waals surface area contributed by atoms with Crippen molar-refractivity contribution in [1.29, 1.82) is 0 Å². The number of hydrogen-bond donors (Lipinski definition) is 0. The molecule has 0 aromatic carbocycles. The summed E-state index contributed by atoms with van der Waals surface area (Å²) in [5.74, 6) is 0. The van der Waals surface area contributed by atoms with Crippen molar-refractivity contribution < 1.29 is 19.1 Å². The molecule has 0 aromatic rings. The molecule has 2 amide bonds. The quantitative estimate of drug-likeness (QED) is 0.637. The maximum absolute atomic E-state index is 11.0. The molecule has 2 fully saturated rings. The van der Waals surface area contributed by atoms with Gasteiger partial charge in [0.2, 0.25) is 0 Å². The number of amides is 2. The van der Waals surface area contributed by atoms with Crippen LogP contribution in [-0.2, 0) is 9.47 Å². The Hall–Kier alpha value is -1.46.